The van der Waals surface area contributed by atoms with E-state index in [2.05, 4.69) is 38.3 Å². The van der Waals surface area contributed by atoms with E-state index in [1.54, 1.807) is 6.92 Å². The molecule has 1 unspecified atom stereocenters. The maximum atomic E-state index is 10.2. The average molecular weight is 486 g/mol. The number of aliphatic hydroxyl groups is 1. The number of ether oxygens (including phenoxy) is 1. The number of aromatic amines is 1. The van der Waals surface area contributed by atoms with Gasteiger partial charge in [-0.05, 0) is 36.1 Å². The smallest absolute Gasteiger partial charge is 0.318 e. The third-order valence-electron chi connectivity index (χ3n) is 6.86. The number of nitrogens with two attached hydrogens (primary N) is 1. The summed E-state index contributed by atoms with van der Waals surface area (Å²) in [5.41, 5.74) is 9.36. The van der Waals surface area contributed by atoms with Crippen LogP contribution >= 0.6 is 0 Å². The molecule has 0 radical (unpaired) electrons. The van der Waals surface area contributed by atoms with Crippen LogP contribution in [-0.2, 0) is 12.0 Å². The van der Waals surface area contributed by atoms with E-state index in [0.29, 0.717) is 47.7 Å². The number of allylic oxidation sites excluding steroid dienone is 1. The van der Waals surface area contributed by atoms with E-state index in [1.807, 2.05) is 43.9 Å². The van der Waals surface area contributed by atoms with Gasteiger partial charge in [0.1, 0.15) is 11.6 Å². The number of H-pyrrole nitrogens is 1. The van der Waals surface area contributed by atoms with Gasteiger partial charge in [0.2, 0.25) is 17.7 Å². The van der Waals surface area contributed by atoms with Gasteiger partial charge in [-0.15, -0.1) is 5.10 Å². The molecule has 10 nitrogen and oxygen atoms in total. The lowest BCUT2D eigenvalue weighted by molar-refractivity contribution is 0.281. The first kappa shape index (κ1) is 23.5. The largest absolute Gasteiger partial charge is 0.422 e. The maximum absolute atomic E-state index is 10.2. The Morgan fingerprint density at radius 1 is 1.28 bits per heavy atom. The van der Waals surface area contributed by atoms with Crippen molar-refractivity contribution in [1.29, 1.82) is 5.26 Å². The molecule has 5 rings (SSSR count). The highest BCUT2D eigenvalue weighted by molar-refractivity contribution is 5.63. The monoisotopic (exact) mass is 485 g/mol. The van der Waals surface area contributed by atoms with Crippen LogP contribution < -0.4 is 15.4 Å². The first-order chi connectivity index (χ1) is 17.3. The van der Waals surface area contributed by atoms with Crippen molar-refractivity contribution in [2.45, 2.75) is 39.7 Å². The van der Waals surface area contributed by atoms with Gasteiger partial charge in [-0.25, -0.2) is 5.10 Å². The molecule has 0 saturated carbocycles. The first-order valence-corrected chi connectivity index (χ1v) is 11.7. The van der Waals surface area contributed by atoms with E-state index < -0.39 is 5.41 Å². The Bertz CT molecular complexity index is 1460. The number of benzene rings is 1. The molecule has 2 aromatic heterocycles. The highest BCUT2D eigenvalue weighted by atomic mass is 16.5. The summed E-state index contributed by atoms with van der Waals surface area (Å²) in [6, 6.07) is 8.54. The van der Waals surface area contributed by atoms with Gasteiger partial charge in [0.15, 0.2) is 0 Å². The van der Waals surface area contributed by atoms with Crippen molar-refractivity contribution in [3.05, 3.63) is 63.5 Å². The second-order valence-electron chi connectivity index (χ2n) is 9.48. The quantitative estimate of drug-likeness (QED) is 0.473. The lowest BCUT2D eigenvalue weighted by Crippen LogP contribution is -2.46. The molecule has 1 saturated heterocycles. The molecular weight excluding hydrogens is 458 g/mol. The molecule has 0 amide bonds. The lowest BCUT2D eigenvalue weighted by atomic mass is 9.61. The van der Waals surface area contributed by atoms with Gasteiger partial charge >= 0.3 is 6.01 Å². The fourth-order valence-corrected chi connectivity index (χ4v) is 5.18. The van der Waals surface area contributed by atoms with Gasteiger partial charge in [0, 0.05) is 25.6 Å². The Morgan fingerprint density at radius 2 is 2.06 bits per heavy atom. The fraction of sp³-hybridized carbons (Fsp3) is 0.385. The molecule has 0 bridgehead atoms. The van der Waals surface area contributed by atoms with Crippen LogP contribution in [0.3, 0.4) is 0 Å². The van der Waals surface area contributed by atoms with E-state index in [9.17, 15) is 10.4 Å². The summed E-state index contributed by atoms with van der Waals surface area (Å²) < 4.78 is 11.2. The van der Waals surface area contributed by atoms with Crippen molar-refractivity contribution in [1.82, 2.24) is 20.4 Å². The van der Waals surface area contributed by atoms with Crippen molar-refractivity contribution in [3.63, 3.8) is 0 Å². The summed E-state index contributed by atoms with van der Waals surface area (Å²) in [5, 5.41) is 35.4. The van der Waals surface area contributed by atoms with Crippen LogP contribution in [0.15, 0.2) is 34.1 Å². The van der Waals surface area contributed by atoms with Crippen LogP contribution in [0.5, 0.6) is 5.88 Å². The maximum Gasteiger partial charge on any atom is 0.318 e. The SMILES string of the molecule is Cc1nnc(N2CC(C#Cc3cc(CO)cc(C4(C(C)C)C(C#N)=C(N)Oc5[nH]nc(C)c54)c3)C2)o1. The molecule has 10 heteroatoms. The Labute approximate surface area is 208 Å². The Balaban J connectivity index is 1.56. The van der Waals surface area contributed by atoms with Gasteiger partial charge in [-0.1, -0.05) is 36.9 Å². The topological polar surface area (TPSA) is 150 Å². The Morgan fingerprint density at radius 3 is 2.69 bits per heavy atom. The molecule has 1 fully saturated rings. The number of nitrogens with one attached hydrogen (secondary N) is 1. The number of hydrogen-bond acceptors (Lipinski definition) is 9. The molecule has 4 N–H and O–H groups in total. The van der Waals surface area contributed by atoms with E-state index in [1.165, 1.54) is 0 Å². The molecular formula is C26H27N7O3. The molecule has 4 heterocycles. The number of hydrogen-bond donors (Lipinski definition) is 3. The minimum absolute atomic E-state index is 0.0372. The number of aliphatic hydroxyl groups excluding tert-OH is 1. The number of anilines is 1. The van der Waals surface area contributed by atoms with Crippen molar-refractivity contribution in [3.8, 4) is 23.8 Å². The second-order valence-corrected chi connectivity index (χ2v) is 9.48. The van der Waals surface area contributed by atoms with Crippen LogP contribution in [0.25, 0.3) is 0 Å². The summed E-state index contributed by atoms with van der Waals surface area (Å²) in [4.78, 5) is 1.99. The molecule has 2 aliphatic heterocycles. The molecule has 0 spiro atoms. The molecule has 0 aliphatic carbocycles. The Kier molecular flexibility index (Phi) is 5.70. The van der Waals surface area contributed by atoms with Gasteiger partial charge < -0.3 is 24.9 Å². The van der Waals surface area contributed by atoms with Crippen molar-refractivity contribution < 1.29 is 14.3 Å². The number of aryl methyl sites for hydroxylation is 2. The van der Waals surface area contributed by atoms with Gasteiger partial charge in [0.05, 0.1) is 29.2 Å². The molecule has 1 aromatic carbocycles. The van der Waals surface area contributed by atoms with E-state index in [0.717, 1.165) is 16.7 Å². The van der Waals surface area contributed by atoms with Crippen molar-refractivity contribution in [2.24, 2.45) is 17.6 Å². The molecule has 36 heavy (non-hydrogen) atoms. The molecule has 2 aliphatic rings. The van der Waals surface area contributed by atoms with Crippen LogP contribution in [0.1, 0.15) is 47.7 Å². The number of nitriles is 1. The average Bonchev–Trinajstić information content (AvgIpc) is 3.41. The van der Waals surface area contributed by atoms with Crippen LogP contribution in [0.4, 0.5) is 6.01 Å². The van der Waals surface area contributed by atoms with Crippen LogP contribution in [-0.4, -0.2) is 38.6 Å². The van der Waals surface area contributed by atoms with Crippen molar-refractivity contribution in [2.75, 3.05) is 18.0 Å². The fourth-order valence-electron chi connectivity index (χ4n) is 5.18. The minimum atomic E-state index is -0.922. The van der Waals surface area contributed by atoms with Gasteiger partial charge in [-0.3, -0.25) is 0 Å². The molecule has 3 aromatic rings. The third-order valence-corrected chi connectivity index (χ3v) is 6.86. The molecule has 184 valence electrons. The zero-order chi connectivity index (χ0) is 25.6. The van der Waals surface area contributed by atoms with Gasteiger partial charge in [0.25, 0.3) is 0 Å². The predicted molar refractivity (Wildman–Crippen MR) is 130 cm³/mol. The van der Waals surface area contributed by atoms with Gasteiger partial charge in [-0.2, -0.15) is 10.4 Å². The standard InChI is InChI=1S/C26H27N7O3/c1-14(2)26(21(10-27)23(28)36-24-22(26)15(3)29-31-24)20-8-17(7-19(9-20)13-34)5-6-18-11-33(12-18)25-32-30-16(4)35-25/h7-9,14,18,34H,11-13,28H2,1-4H3,(H,29,31). The summed E-state index contributed by atoms with van der Waals surface area (Å²) in [6.45, 7) is 8.93. The predicted octanol–water partition coefficient (Wildman–Crippen LogP) is 2.42. The normalized spacial score (nSPS) is 19.3. The highest BCUT2D eigenvalue weighted by Gasteiger charge is 2.50. The zero-order valence-electron chi connectivity index (χ0n) is 20.6. The summed E-state index contributed by atoms with van der Waals surface area (Å²) in [7, 11) is 0. The zero-order valence-corrected chi connectivity index (χ0v) is 20.6. The summed E-state index contributed by atoms with van der Waals surface area (Å²) in [6.07, 6.45) is 0. The lowest BCUT2D eigenvalue weighted by Gasteiger charge is -2.41. The first-order valence-electron chi connectivity index (χ1n) is 11.7. The highest BCUT2D eigenvalue weighted by Crippen LogP contribution is 2.52. The second kappa shape index (κ2) is 8.74. The molecule has 1 atom stereocenters. The van der Waals surface area contributed by atoms with Crippen LogP contribution in [0.2, 0.25) is 0 Å². The van der Waals surface area contributed by atoms with E-state index >= 15 is 0 Å². The Hall–Kier alpha value is -4.28. The minimum Gasteiger partial charge on any atom is -0.422 e. The third kappa shape index (κ3) is 3.58. The number of rotatable bonds is 4. The van der Waals surface area contributed by atoms with E-state index in [-0.39, 0.29) is 24.3 Å². The number of aromatic nitrogens is 4. The number of nitrogens with zero attached hydrogens (tertiary/aromatic N) is 5. The summed E-state index contributed by atoms with van der Waals surface area (Å²) >= 11 is 0. The summed E-state index contributed by atoms with van der Waals surface area (Å²) in [5.74, 6) is 7.64. The van der Waals surface area contributed by atoms with Crippen molar-refractivity contribution >= 4 is 6.01 Å². The van der Waals surface area contributed by atoms with E-state index in [4.69, 9.17) is 14.9 Å². The number of fused-ring (bicyclic) bond motifs is 1. The van der Waals surface area contributed by atoms with Crippen LogP contribution in [0, 0.1) is 48.9 Å².